The molecule has 0 aromatic heterocycles. The summed E-state index contributed by atoms with van der Waals surface area (Å²) >= 11 is 0. The lowest BCUT2D eigenvalue weighted by Crippen LogP contribution is -2.34. The van der Waals surface area contributed by atoms with E-state index in [4.69, 9.17) is 5.26 Å². The van der Waals surface area contributed by atoms with E-state index in [1.807, 2.05) is 6.07 Å². The van der Waals surface area contributed by atoms with Crippen molar-refractivity contribution in [3.63, 3.8) is 0 Å². The highest BCUT2D eigenvalue weighted by molar-refractivity contribution is 7.89. The summed E-state index contributed by atoms with van der Waals surface area (Å²) in [7, 11) is -3.85. The Morgan fingerprint density at radius 1 is 1.48 bits per heavy atom. The predicted octanol–water partition coefficient (Wildman–Crippen LogP) is 2.07. The standard InChI is InChI=1S/C13H17N3O4S/c1-4-15(9-10(2)8-14)21(19,20)12-6-5-11(3)13(7-12)16(17)18/h5-7,10H,4,9H2,1-3H3. The van der Waals surface area contributed by atoms with Gasteiger partial charge in [-0.2, -0.15) is 9.57 Å². The fourth-order valence-corrected chi connectivity index (χ4v) is 3.40. The van der Waals surface area contributed by atoms with Crippen LogP contribution in [0.1, 0.15) is 19.4 Å². The minimum atomic E-state index is -3.85. The molecule has 0 amide bonds. The van der Waals surface area contributed by atoms with Gasteiger partial charge < -0.3 is 0 Å². The summed E-state index contributed by atoms with van der Waals surface area (Å²) in [5.74, 6) is -0.458. The lowest BCUT2D eigenvalue weighted by molar-refractivity contribution is -0.385. The van der Waals surface area contributed by atoms with Crippen LogP contribution in [0.3, 0.4) is 0 Å². The molecule has 8 heteroatoms. The number of nitriles is 1. The summed E-state index contributed by atoms with van der Waals surface area (Å²) in [6.07, 6.45) is 0. The van der Waals surface area contributed by atoms with Gasteiger partial charge in [0.25, 0.3) is 5.69 Å². The topological polar surface area (TPSA) is 104 Å². The molecule has 21 heavy (non-hydrogen) atoms. The number of hydrogen-bond acceptors (Lipinski definition) is 5. The number of hydrogen-bond donors (Lipinski definition) is 0. The van der Waals surface area contributed by atoms with Crippen molar-refractivity contribution < 1.29 is 13.3 Å². The third kappa shape index (κ3) is 3.77. The van der Waals surface area contributed by atoms with Crippen LogP contribution in [0.25, 0.3) is 0 Å². The van der Waals surface area contributed by atoms with Crippen molar-refractivity contribution in [1.82, 2.24) is 4.31 Å². The number of nitro benzene ring substituents is 1. The fraction of sp³-hybridized carbons (Fsp3) is 0.462. The molecule has 1 unspecified atom stereocenters. The largest absolute Gasteiger partial charge is 0.273 e. The normalized spacial score (nSPS) is 12.9. The second-order valence-corrected chi connectivity index (χ2v) is 6.63. The van der Waals surface area contributed by atoms with Crippen LogP contribution in [0.4, 0.5) is 5.69 Å². The van der Waals surface area contributed by atoms with E-state index in [2.05, 4.69) is 0 Å². The molecule has 0 aliphatic carbocycles. The van der Waals surface area contributed by atoms with E-state index >= 15 is 0 Å². The number of sulfonamides is 1. The first-order valence-electron chi connectivity index (χ1n) is 6.38. The van der Waals surface area contributed by atoms with Crippen molar-refractivity contribution in [3.8, 4) is 6.07 Å². The van der Waals surface area contributed by atoms with Crippen molar-refractivity contribution in [2.24, 2.45) is 5.92 Å². The van der Waals surface area contributed by atoms with Crippen LogP contribution in [0.5, 0.6) is 0 Å². The van der Waals surface area contributed by atoms with Crippen LogP contribution in [-0.4, -0.2) is 30.7 Å². The molecule has 0 N–H and O–H groups in total. The highest BCUT2D eigenvalue weighted by atomic mass is 32.2. The first-order valence-corrected chi connectivity index (χ1v) is 7.82. The third-order valence-corrected chi connectivity index (χ3v) is 5.00. The average Bonchev–Trinajstić information content (AvgIpc) is 2.43. The average molecular weight is 311 g/mol. The van der Waals surface area contributed by atoms with E-state index < -0.39 is 20.9 Å². The van der Waals surface area contributed by atoms with Gasteiger partial charge in [-0.3, -0.25) is 10.1 Å². The number of benzene rings is 1. The second kappa shape index (κ2) is 6.65. The monoisotopic (exact) mass is 311 g/mol. The van der Waals surface area contributed by atoms with E-state index in [0.717, 1.165) is 10.4 Å². The van der Waals surface area contributed by atoms with Gasteiger partial charge >= 0.3 is 0 Å². The van der Waals surface area contributed by atoms with Crippen molar-refractivity contribution in [1.29, 1.82) is 5.26 Å². The van der Waals surface area contributed by atoms with Crippen LogP contribution in [-0.2, 0) is 10.0 Å². The van der Waals surface area contributed by atoms with Crippen molar-refractivity contribution in [2.45, 2.75) is 25.7 Å². The zero-order valence-electron chi connectivity index (χ0n) is 12.1. The molecule has 0 spiro atoms. The van der Waals surface area contributed by atoms with Gasteiger partial charge in [0.05, 0.1) is 21.8 Å². The van der Waals surface area contributed by atoms with Crippen LogP contribution in [0.15, 0.2) is 23.1 Å². The molecule has 7 nitrogen and oxygen atoms in total. The van der Waals surface area contributed by atoms with Gasteiger partial charge in [-0.05, 0) is 19.9 Å². The van der Waals surface area contributed by atoms with E-state index in [-0.39, 0.29) is 23.7 Å². The van der Waals surface area contributed by atoms with Crippen molar-refractivity contribution in [2.75, 3.05) is 13.1 Å². The molecular formula is C13H17N3O4S. The Morgan fingerprint density at radius 3 is 2.57 bits per heavy atom. The first kappa shape index (κ1) is 17.1. The zero-order chi connectivity index (χ0) is 16.2. The Kier molecular flexibility index (Phi) is 5.41. The van der Waals surface area contributed by atoms with E-state index in [1.165, 1.54) is 12.1 Å². The van der Waals surface area contributed by atoms with Gasteiger partial charge in [-0.15, -0.1) is 0 Å². The van der Waals surface area contributed by atoms with Gasteiger partial charge in [0.15, 0.2) is 0 Å². The molecule has 0 bridgehead atoms. The summed E-state index contributed by atoms with van der Waals surface area (Å²) in [5, 5.41) is 19.7. The number of aryl methyl sites for hydroxylation is 1. The summed E-state index contributed by atoms with van der Waals surface area (Å²) in [4.78, 5) is 10.2. The van der Waals surface area contributed by atoms with Gasteiger partial charge in [-0.25, -0.2) is 8.42 Å². The molecule has 0 saturated carbocycles. The maximum atomic E-state index is 12.5. The summed E-state index contributed by atoms with van der Waals surface area (Å²) in [6.45, 7) is 5.07. The zero-order valence-corrected chi connectivity index (χ0v) is 12.9. The highest BCUT2D eigenvalue weighted by Crippen LogP contribution is 2.24. The van der Waals surface area contributed by atoms with Crippen LogP contribution in [0, 0.1) is 34.3 Å². The number of nitrogens with zero attached hydrogens (tertiary/aromatic N) is 3. The molecule has 114 valence electrons. The Hall–Kier alpha value is -1.98. The molecule has 1 atom stereocenters. The summed E-state index contributed by atoms with van der Waals surface area (Å²) in [5.41, 5.74) is 0.160. The SMILES string of the molecule is CCN(CC(C)C#N)S(=O)(=O)c1ccc(C)c([N+](=O)[O-])c1. The first-order chi connectivity index (χ1) is 9.73. The maximum absolute atomic E-state index is 12.5. The van der Waals surface area contributed by atoms with Gasteiger partial charge in [-0.1, -0.05) is 13.0 Å². The molecule has 0 aliphatic rings. The summed E-state index contributed by atoms with van der Waals surface area (Å²) < 4.78 is 26.1. The predicted molar refractivity (Wildman–Crippen MR) is 77.0 cm³/mol. The summed E-state index contributed by atoms with van der Waals surface area (Å²) in [6, 6.07) is 5.79. The van der Waals surface area contributed by atoms with Crippen LogP contribution in [0.2, 0.25) is 0 Å². The van der Waals surface area contributed by atoms with Gasteiger partial charge in [0.2, 0.25) is 10.0 Å². The minimum Gasteiger partial charge on any atom is -0.258 e. The maximum Gasteiger partial charge on any atom is 0.273 e. The lowest BCUT2D eigenvalue weighted by atomic mass is 10.2. The third-order valence-electron chi connectivity index (χ3n) is 3.07. The van der Waals surface area contributed by atoms with Gasteiger partial charge in [0, 0.05) is 24.7 Å². The van der Waals surface area contributed by atoms with Gasteiger partial charge in [0.1, 0.15) is 0 Å². The smallest absolute Gasteiger partial charge is 0.258 e. The Morgan fingerprint density at radius 2 is 2.10 bits per heavy atom. The molecule has 0 aliphatic heterocycles. The molecule has 1 aromatic carbocycles. The second-order valence-electron chi connectivity index (χ2n) is 4.69. The molecule has 0 radical (unpaired) electrons. The fourth-order valence-electron chi connectivity index (χ4n) is 1.84. The van der Waals surface area contributed by atoms with Crippen LogP contribution >= 0.6 is 0 Å². The molecule has 0 fully saturated rings. The van der Waals surface area contributed by atoms with E-state index in [0.29, 0.717) is 5.56 Å². The Bertz CT molecular complexity index is 679. The highest BCUT2D eigenvalue weighted by Gasteiger charge is 2.26. The quantitative estimate of drug-likeness (QED) is 0.591. The molecule has 0 heterocycles. The van der Waals surface area contributed by atoms with Crippen molar-refractivity contribution >= 4 is 15.7 Å². The van der Waals surface area contributed by atoms with Crippen molar-refractivity contribution in [3.05, 3.63) is 33.9 Å². The van der Waals surface area contributed by atoms with Crippen LogP contribution < -0.4 is 0 Å². The van der Waals surface area contributed by atoms with E-state index in [9.17, 15) is 18.5 Å². The molecule has 1 aromatic rings. The molecular weight excluding hydrogens is 294 g/mol. The Labute approximate surface area is 124 Å². The number of nitro groups is 1. The van der Waals surface area contributed by atoms with E-state index in [1.54, 1.807) is 20.8 Å². The molecule has 0 saturated heterocycles. The number of rotatable bonds is 6. The minimum absolute atomic E-state index is 0.0526. The molecule has 1 rings (SSSR count). The lowest BCUT2D eigenvalue weighted by Gasteiger charge is -2.21. The Balaban J connectivity index is 3.27.